The number of amides is 2. The van der Waals surface area contributed by atoms with Gasteiger partial charge in [-0.05, 0) is 60.4 Å². The van der Waals surface area contributed by atoms with Crippen LogP contribution in [0.25, 0.3) is 5.57 Å². The van der Waals surface area contributed by atoms with Crippen LogP contribution in [0.1, 0.15) is 44.5 Å². The van der Waals surface area contributed by atoms with Crippen molar-refractivity contribution in [2.45, 2.75) is 38.8 Å². The Balaban J connectivity index is 1.52. The van der Waals surface area contributed by atoms with Gasteiger partial charge in [0, 0.05) is 23.7 Å². The second-order valence-electron chi connectivity index (χ2n) is 8.77. The molecule has 12 heteroatoms. The van der Waals surface area contributed by atoms with E-state index in [0.717, 1.165) is 5.56 Å². The minimum absolute atomic E-state index is 0.0198. The van der Waals surface area contributed by atoms with Gasteiger partial charge < -0.3 is 20.4 Å². The molecule has 0 spiro atoms. The highest BCUT2D eigenvalue weighted by molar-refractivity contribution is 6.40. The Hall–Kier alpha value is -2.95. The van der Waals surface area contributed by atoms with Crippen molar-refractivity contribution in [3.63, 3.8) is 0 Å². The van der Waals surface area contributed by atoms with Crippen molar-refractivity contribution < 1.29 is 19.8 Å². The minimum Gasteiger partial charge on any atom is -0.366 e. The van der Waals surface area contributed by atoms with Gasteiger partial charge in [-0.15, -0.1) is 5.10 Å². The maximum Gasteiger partial charge on any atom is 0.254 e. The maximum absolute atomic E-state index is 13.1. The van der Waals surface area contributed by atoms with Crippen LogP contribution in [-0.4, -0.2) is 60.8 Å². The van der Waals surface area contributed by atoms with Gasteiger partial charge >= 0.3 is 0 Å². The molecule has 1 aromatic heterocycles. The van der Waals surface area contributed by atoms with Gasteiger partial charge in [0.05, 0.1) is 34.4 Å². The molecule has 1 aliphatic rings. The monoisotopic (exact) mass is 563 g/mol. The lowest BCUT2D eigenvalue weighted by Gasteiger charge is -2.30. The molecule has 3 N–H and O–H groups in total. The van der Waals surface area contributed by atoms with Crippen molar-refractivity contribution in [3.8, 4) is 0 Å². The van der Waals surface area contributed by atoms with E-state index in [1.54, 1.807) is 48.4 Å². The molecule has 2 heterocycles. The molecular formula is C25H24Cl3N5O4. The normalized spacial score (nSPS) is 13.9. The minimum atomic E-state index is -1.89. The number of benzene rings is 2. The Morgan fingerprint density at radius 1 is 1.19 bits per heavy atom. The lowest BCUT2D eigenvalue weighted by Crippen LogP contribution is -2.46. The Kier molecular flexibility index (Phi) is 8.20. The molecule has 1 aliphatic heterocycles. The molecule has 1 atom stereocenters. The predicted molar refractivity (Wildman–Crippen MR) is 141 cm³/mol. The van der Waals surface area contributed by atoms with E-state index in [-0.39, 0.29) is 34.6 Å². The van der Waals surface area contributed by atoms with Crippen molar-refractivity contribution in [1.29, 1.82) is 0 Å². The third-order valence-corrected chi connectivity index (χ3v) is 7.01. The molecule has 0 unspecified atom stereocenters. The van der Waals surface area contributed by atoms with E-state index in [2.05, 4.69) is 22.2 Å². The van der Waals surface area contributed by atoms with Crippen molar-refractivity contribution in [2.24, 2.45) is 0 Å². The molecule has 37 heavy (non-hydrogen) atoms. The Bertz CT molecular complexity index is 1360. The number of aromatic nitrogens is 3. The molecule has 2 amide bonds. The van der Waals surface area contributed by atoms with Gasteiger partial charge in [-0.25, -0.2) is 4.68 Å². The number of carbonyl (C=O) groups excluding carboxylic acids is 2. The number of hydrogen-bond donors (Lipinski definition) is 3. The first kappa shape index (κ1) is 27.1. The largest absolute Gasteiger partial charge is 0.366 e. The molecule has 0 radical (unpaired) electrons. The molecule has 0 saturated heterocycles. The second-order valence-corrected chi connectivity index (χ2v) is 9.99. The van der Waals surface area contributed by atoms with E-state index in [0.29, 0.717) is 40.4 Å². The third kappa shape index (κ3) is 5.97. The van der Waals surface area contributed by atoms with E-state index in [9.17, 15) is 19.8 Å². The predicted octanol–water partition coefficient (Wildman–Crippen LogP) is 3.58. The summed E-state index contributed by atoms with van der Waals surface area (Å²) >= 11 is 19.0. The smallest absolute Gasteiger partial charge is 0.254 e. The van der Waals surface area contributed by atoms with E-state index in [4.69, 9.17) is 34.8 Å². The molecular weight excluding hydrogens is 541 g/mol. The Morgan fingerprint density at radius 2 is 1.89 bits per heavy atom. The summed E-state index contributed by atoms with van der Waals surface area (Å²) in [4.78, 5) is 27.7. The van der Waals surface area contributed by atoms with Gasteiger partial charge in [0.1, 0.15) is 5.69 Å². The lowest BCUT2D eigenvalue weighted by molar-refractivity contribution is -0.0691. The van der Waals surface area contributed by atoms with E-state index < -0.39 is 18.2 Å². The van der Waals surface area contributed by atoms with Gasteiger partial charge in [0.2, 0.25) is 0 Å². The van der Waals surface area contributed by atoms with Gasteiger partial charge in [0.25, 0.3) is 11.8 Å². The van der Waals surface area contributed by atoms with Crippen LogP contribution in [0.2, 0.25) is 15.1 Å². The number of hydrogen-bond acceptors (Lipinski definition) is 6. The van der Waals surface area contributed by atoms with Gasteiger partial charge in [-0.1, -0.05) is 46.6 Å². The van der Waals surface area contributed by atoms with Gasteiger partial charge in [-0.3, -0.25) is 9.59 Å². The number of aliphatic hydroxyl groups excluding tert-OH is 1. The quantitative estimate of drug-likeness (QED) is 0.377. The molecule has 0 aliphatic carbocycles. The van der Waals surface area contributed by atoms with Crippen LogP contribution in [0.3, 0.4) is 0 Å². The lowest BCUT2D eigenvalue weighted by atomic mass is 9.96. The fourth-order valence-corrected chi connectivity index (χ4v) is 4.94. The summed E-state index contributed by atoms with van der Waals surface area (Å²) in [6.45, 7) is 6.16. The van der Waals surface area contributed by atoms with Crippen LogP contribution in [-0.2, 0) is 19.5 Å². The molecule has 0 fully saturated rings. The van der Waals surface area contributed by atoms with Crippen LogP contribution in [0.5, 0.6) is 0 Å². The SMILES string of the molecule is C=C(C)c1cn(C[C@H](NC(=O)c2c(Cl)cc3c(c2Cl)CCN(C(=O)c2ccc(Cl)cc2)C3)C(O)O)nn1. The fraction of sp³-hybridized carbons (Fsp3) is 0.280. The topological polar surface area (TPSA) is 121 Å². The van der Waals surface area contributed by atoms with Crippen molar-refractivity contribution in [3.05, 3.63) is 86.1 Å². The van der Waals surface area contributed by atoms with Crippen LogP contribution in [0, 0.1) is 0 Å². The first-order valence-corrected chi connectivity index (χ1v) is 12.5. The van der Waals surface area contributed by atoms with Crippen LogP contribution >= 0.6 is 34.8 Å². The summed E-state index contributed by atoms with van der Waals surface area (Å²) in [7, 11) is 0. The second kappa shape index (κ2) is 11.2. The molecule has 194 valence electrons. The van der Waals surface area contributed by atoms with Crippen LogP contribution in [0.4, 0.5) is 0 Å². The van der Waals surface area contributed by atoms with Crippen molar-refractivity contribution >= 4 is 52.2 Å². The highest BCUT2D eigenvalue weighted by atomic mass is 35.5. The zero-order valence-corrected chi connectivity index (χ0v) is 22.1. The number of fused-ring (bicyclic) bond motifs is 1. The van der Waals surface area contributed by atoms with Crippen LogP contribution in [0.15, 0.2) is 43.1 Å². The summed E-state index contributed by atoms with van der Waals surface area (Å²) in [6.07, 6.45) is 0.114. The highest BCUT2D eigenvalue weighted by Gasteiger charge is 2.29. The number of allylic oxidation sites excluding steroid dienone is 1. The highest BCUT2D eigenvalue weighted by Crippen LogP contribution is 2.35. The maximum atomic E-state index is 13.1. The molecule has 9 nitrogen and oxygen atoms in total. The molecule has 0 saturated carbocycles. The van der Waals surface area contributed by atoms with E-state index >= 15 is 0 Å². The number of carbonyl (C=O) groups is 2. The summed E-state index contributed by atoms with van der Waals surface area (Å²) in [5, 5.41) is 30.9. The zero-order chi connectivity index (χ0) is 26.9. The number of nitrogens with one attached hydrogen (secondary N) is 1. The molecule has 0 bridgehead atoms. The first-order chi connectivity index (χ1) is 17.5. The number of rotatable bonds is 7. The first-order valence-electron chi connectivity index (χ1n) is 11.3. The standard InChI is InChI=1S/C25H24Cl3N5O4/c1-13(2)19-11-33(31-30-19)12-20(25(36)37)29-23(34)21-18(27)9-15-10-32(8-7-17(15)22(21)28)24(35)14-3-5-16(26)6-4-14/h3-6,9,11,20,25,36-37H,1,7-8,10,12H2,2H3,(H,29,34)/t20-/m0/s1. The summed E-state index contributed by atoms with van der Waals surface area (Å²) in [5.41, 5.74) is 3.21. The van der Waals surface area contributed by atoms with Crippen molar-refractivity contribution in [1.82, 2.24) is 25.2 Å². The number of halogens is 3. The number of aliphatic hydroxyl groups is 2. The molecule has 3 aromatic rings. The third-order valence-electron chi connectivity index (χ3n) is 6.05. The average molecular weight is 565 g/mol. The Labute approximate surface area is 228 Å². The van der Waals surface area contributed by atoms with E-state index in [1.807, 2.05) is 0 Å². The summed E-state index contributed by atoms with van der Waals surface area (Å²) in [5.74, 6) is -0.824. The fourth-order valence-electron chi connectivity index (χ4n) is 4.05. The van der Waals surface area contributed by atoms with E-state index in [1.165, 1.54) is 4.68 Å². The molecule has 2 aromatic carbocycles. The Morgan fingerprint density at radius 3 is 2.51 bits per heavy atom. The van der Waals surface area contributed by atoms with Crippen LogP contribution < -0.4 is 5.32 Å². The zero-order valence-electron chi connectivity index (χ0n) is 19.8. The van der Waals surface area contributed by atoms with Gasteiger partial charge in [0.15, 0.2) is 6.29 Å². The molecule has 4 rings (SSSR count). The van der Waals surface area contributed by atoms with Crippen molar-refractivity contribution in [2.75, 3.05) is 6.54 Å². The summed E-state index contributed by atoms with van der Waals surface area (Å²) in [6, 6.07) is 7.13. The number of nitrogens with zero attached hydrogens (tertiary/aromatic N) is 4. The van der Waals surface area contributed by atoms with Gasteiger partial charge in [-0.2, -0.15) is 0 Å². The average Bonchev–Trinajstić information content (AvgIpc) is 3.32. The summed E-state index contributed by atoms with van der Waals surface area (Å²) < 4.78 is 1.37.